The fraction of sp³-hybridized carbons (Fsp3) is 0.538. The Hall–Kier alpha value is -2.18. The molecule has 2 heterocycles. The highest BCUT2D eigenvalue weighted by Crippen LogP contribution is 2.37. The summed E-state index contributed by atoms with van der Waals surface area (Å²) in [4.78, 5) is 24.0. The van der Waals surface area contributed by atoms with Crippen LogP contribution in [0.3, 0.4) is 0 Å². The van der Waals surface area contributed by atoms with Gasteiger partial charge in [-0.15, -0.1) is 0 Å². The molecule has 0 bridgehead atoms. The first kappa shape index (κ1) is 12.8. The number of carbonyl (C=O) groups is 1. The highest BCUT2D eigenvalue weighted by Gasteiger charge is 2.27. The molecule has 1 aliphatic carbocycles. The SMILES string of the molecule is CC(C)[C@@H](Nc1ncnc2c1ncn2C1CC1)C(=O)O. The summed E-state index contributed by atoms with van der Waals surface area (Å²) in [5, 5.41) is 12.2. The number of fused-ring (bicyclic) bond motifs is 1. The van der Waals surface area contributed by atoms with Crippen molar-refractivity contribution in [1.29, 1.82) is 0 Å². The van der Waals surface area contributed by atoms with Crippen LogP contribution < -0.4 is 5.32 Å². The molecule has 2 aromatic rings. The van der Waals surface area contributed by atoms with Crippen molar-refractivity contribution in [3.63, 3.8) is 0 Å². The number of anilines is 1. The molecule has 1 saturated carbocycles. The van der Waals surface area contributed by atoms with E-state index in [0.717, 1.165) is 18.5 Å². The molecule has 2 N–H and O–H groups in total. The number of hydrogen-bond acceptors (Lipinski definition) is 5. The summed E-state index contributed by atoms with van der Waals surface area (Å²) >= 11 is 0. The Labute approximate surface area is 116 Å². The van der Waals surface area contributed by atoms with E-state index in [1.807, 2.05) is 18.4 Å². The van der Waals surface area contributed by atoms with E-state index < -0.39 is 12.0 Å². The molecule has 20 heavy (non-hydrogen) atoms. The fourth-order valence-electron chi connectivity index (χ4n) is 2.24. The van der Waals surface area contributed by atoms with E-state index in [1.165, 1.54) is 6.33 Å². The summed E-state index contributed by atoms with van der Waals surface area (Å²) < 4.78 is 2.04. The van der Waals surface area contributed by atoms with E-state index >= 15 is 0 Å². The average molecular weight is 275 g/mol. The molecule has 1 aliphatic rings. The van der Waals surface area contributed by atoms with E-state index in [4.69, 9.17) is 0 Å². The Bertz CT molecular complexity index is 647. The van der Waals surface area contributed by atoms with Crippen LogP contribution in [-0.4, -0.2) is 36.6 Å². The number of aliphatic carboxylic acids is 1. The monoisotopic (exact) mass is 275 g/mol. The van der Waals surface area contributed by atoms with E-state index in [1.54, 1.807) is 6.33 Å². The third-order valence-corrected chi connectivity index (χ3v) is 3.52. The van der Waals surface area contributed by atoms with Crippen LogP contribution in [0.15, 0.2) is 12.7 Å². The van der Waals surface area contributed by atoms with Crippen molar-refractivity contribution >= 4 is 23.0 Å². The summed E-state index contributed by atoms with van der Waals surface area (Å²) in [5.41, 5.74) is 1.39. The minimum Gasteiger partial charge on any atom is -0.480 e. The molecular formula is C13H17N5O2. The van der Waals surface area contributed by atoms with Crippen LogP contribution in [0, 0.1) is 5.92 Å². The maximum Gasteiger partial charge on any atom is 0.326 e. The second kappa shape index (κ2) is 4.73. The Morgan fingerprint density at radius 2 is 2.15 bits per heavy atom. The largest absolute Gasteiger partial charge is 0.480 e. The highest BCUT2D eigenvalue weighted by atomic mass is 16.4. The van der Waals surface area contributed by atoms with Gasteiger partial charge in [0.15, 0.2) is 11.5 Å². The van der Waals surface area contributed by atoms with Gasteiger partial charge in [0.2, 0.25) is 0 Å². The van der Waals surface area contributed by atoms with E-state index in [-0.39, 0.29) is 5.92 Å². The van der Waals surface area contributed by atoms with Crippen molar-refractivity contribution in [1.82, 2.24) is 19.5 Å². The van der Waals surface area contributed by atoms with Gasteiger partial charge < -0.3 is 15.0 Å². The van der Waals surface area contributed by atoms with Gasteiger partial charge in [-0.1, -0.05) is 13.8 Å². The van der Waals surface area contributed by atoms with Gasteiger partial charge in [-0.2, -0.15) is 0 Å². The molecule has 7 nitrogen and oxygen atoms in total. The van der Waals surface area contributed by atoms with Crippen molar-refractivity contribution in [2.75, 3.05) is 5.32 Å². The number of aromatic nitrogens is 4. The molecule has 0 spiro atoms. The lowest BCUT2D eigenvalue weighted by Gasteiger charge is -2.18. The number of rotatable bonds is 5. The molecular weight excluding hydrogens is 258 g/mol. The molecule has 0 radical (unpaired) electrons. The first-order valence-corrected chi connectivity index (χ1v) is 6.75. The van der Waals surface area contributed by atoms with Crippen LogP contribution in [-0.2, 0) is 4.79 Å². The lowest BCUT2D eigenvalue weighted by molar-refractivity contribution is -0.138. The Kier molecular flexibility index (Phi) is 3.04. The predicted molar refractivity (Wildman–Crippen MR) is 73.5 cm³/mol. The summed E-state index contributed by atoms with van der Waals surface area (Å²) in [6.07, 6.45) is 5.49. The van der Waals surface area contributed by atoms with Gasteiger partial charge in [-0.3, -0.25) is 0 Å². The standard InChI is InChI=1S/C13H17N5O2/c1-7(2)9(13(19)20)17-11-10-12(15-5-14-11)18(6-16-10)8-3-4-8/h5-9H,3-4H2,1-2H3,(H,19,20)(H,14,15,17)/t9-/m1/s1. The number of hydrogen-bond donors (Lipinski definition) is 2. The van der Waals surface area contributed by atoms with Gasteiger partial charge in [0, 0.05) is 6.04 Å². The van der Waals surface area contributed by atoms with Crippen LogP contribution in [0.5, 0.6) is 0 Å². The van der Waals surface area contributed by atoms with E-state index in [2.05, 4.69) is 20.3 Å². The molecule has 2 aromatic heterocycles. The van der Waals surface area contributed by atoms with Crippen LogP contribution >= 0.6 is 0 Å². The molecule has 0 amide bonds. The second-order valence-corrected chi connectivity index (χ2v) is 5.48. The zero-order chi connectivity index (χ0) is 14.3. The van der Waals surface area contributed by atoms with Crippen molar-refractivity contribution in [3.8, 4) is 0 Å². The van der Waals surface area contributed by atoms with Crippen molar-refractivity contribution in [2.45, 2.75) is 38.8 Å². The zero-order valence-electron chi connectivity index (χ0n) is 11.4. The normalized spacial score (nSPS) is 16.6. The summed E-state index contributed by atoms with van der Waals surface area (Å²) in [6, 6.07) is -0.220. The lowest BCUT2D eigenvalue weighted by atomic mass is 10.1. The Morgan fingerprint density at radius 3 is 2.75 bits per heavy atom. The molecule has 3 rings (SSSR count). The Morgan fingerprint density at radius 1 is 1.40 bits per heavy atom. The summed E-state index contributed by atoms with van der Waals surface area (Å²) in [7, 11) is 0. The first-order valence-electron chi connectivity index (χ1n) is 6.75. The minimum absolute atomic E-state index is 0.0527. The molecule has 0 aliphatic heterocycles. The summed E-state index contributed by atoms with van der Waals surface area (Å²) in [6.45, 7) is 3.71. The van der Waals surface area contributed by atoms with Crippen LogP contribution in [0.25, 0.3) is 11.2 Å². The number of carboxylic acid groups (broad SMARTS) is 1. The fourth-order valence-corrected chi connectivity index (χ4v) is 2.24. The van der Waals surface area contributed by atoms with E-state index in [0.29, 0.717) is 17.4 Å². The molecule has 0 unspecified atom stereocenters. The molecule has 1 fully saturated rings. The molecule has 0 aromatic carbocycles. The van der Waals surface area contributed by atoms with Gasteiger partial charge in [0.25, 0.3) is 0 Å². The first-order chi connectivity index (χ1) is 9.58. The van der Waals surface area contributed by atoms with Gasteiger partial charge in [-0.25, -0.2) is 19.7 Å². The average Bonchev–Trinajstić information content (AvgIpc) is 3.14. The van der Waals surface area contributed by atoms with E-state index in [9.17, 15) is 9.90 Å². The maximum absolute atomic E-state index is 11.3. The van der Waals surface area contributed by atoms with Gasteiger partial charge in [-0.05, 0) is 18.8 Å². The topological polar surface area (TPSA) is 92.9 Å². The lowest BCUT2D eigenvalue weighted by Crippen LogP contribution is -2.34. The number of carboxylic acids is 1. The molecule has 106 valence electrons. The number of nitrogens with zero attached hydrogens (tertiary/aromatic N) is 4. The number of nitrogens with one attached hydrogen (secondary N) is 1. The smallest absolute Gasteiger partial charge is 0.326 e. The second-order valence-electron chi connectivity index (χ2n) is 5.48. The van der Waals surface area contributed by atoms with Crippen molar-refractivity contribution in [2.24, 2.45) is 5.92 Å². The predicted octanol–water partition coefficient (Wildman–Crippen LogP) is 1.68. The Balaban J connectivity index is 1.97. The van der Waals surface area contributed by atoms with Gasteiger partial charge in [0.05, 0.1) is 6.33 Å². The number of imidazole rings is 1. The third kappa shape index (κ3) is 2.19. The molecule has 1 atom stereocenters. The molecule has 7 heteroatoms. The van der Waals surface area contributed by atoms with Crippen molar-refractivity contribution in [3.05, 3.63) is 12.7 Å². The van der Waals surface area contributed by atoms with Crippen molar-refractivity contribution < 1.29 is 9.90 Å². The highest BCUT2D eigenvalue weighted by molar-refractivity contribution is 5.86. The van der Waals surface area contributed by atoms with Crippen LogP contribution in [0.2, 0.25) is 0 Å². The molecule has 0 saturated heterocycles. The zero-order valence-corrected chi connectivity index (χ0v) is 11.4. The van der Waals surface area contributed by atoms with Crippen LogP contribution in [0.4, 0.5) is 5.82 Å². The quantitative estimate of drug-likeness (QED) is 0.862. The minimum atomic E-state index is -0.895. The maximum atomic E-state index is 11.3. The van der Waals surface area contributed by atoms with Gasteiger partial charge >= 0.3 is 5.97 Å². The third-order valence-electron chi connectivity index (χ3n) is 3.52. The van der Waals surface area contributed by atoms with Crippen LogP contribution in [0.1, 0.15) is 32.7 Å². The summed E-state index contributed by atoms with van der Waals surface area (Å²) in [5.74, 6) is -0.466. The van der Waals surface area contributed by atoms with Gasteiger partial charge in [0.1, 0.15) is 17.9 Å².